The largest absolute Gasteiger partial charge is 0.434 e. The van der Waals surface area contributed by atoms with Crippen molar-refractivity contribution in [3.63, 3.8) is 0 Å². The molecule has 2 heterocycles. The van der Waals surface area contributed by atoms with Gasteiger partial charge < -0.3 is 9.73 Å². The molecule has 1 aromatic carbocycles. The van der Waals surface area contributed by atoms with Crippen molar-refractivity contribution in [3.8, 4) is 11.5 Å². The molecule has 0 spiro atoms. The normalized spacial score (nSPS) is 10.6. The number of benzene rings is 1. The lowest BCUT2D eigenvalue weighted by Gasteiger charge is -2.04. The van der Waals surface area contributed by atoms with Crippen molar-refractivity contribution in [1.82, 2.24) is 9.97 Å². The Kier molecular flexibility index (Phi) is 2.26. The molecule has 0 amide bonds. The van der Waals surface area contributed by atoms with E-state index in [4.69, 9.17) is 4.42 Å². The van der Waals surface area contributed by atoms with Crippen LogP contribution in [0.25, 0.3) is 22.7 Å². The molecule has 0 aliphatic rings. The first-order valence-corrected chi connectivity index (χ1v) is 5.37. The van der Waals surface area contributed by atoms with Gasteiger partial charge in [-0.1, -0.05) is 12.1 Å². The van der Waals surface area contributed by atoms with Crippen LogP contribution >= 0.6 is 0 Å². The Balaban J connectivity index is 2.20. The van der Waals surface area contributed by atoms with Gasteiger partial charge in [-0.3, -0.25) is 0 Å². The molecule has 0 bridgehead atoms. The highest BCUT2D eigenvalue weighted by Crippen LogP contribution is 2.28. The smallest absolute Gasteiger partial charge is 0.230 e. The van der Waals surface area contributed by atoms with Crippen LogP contribution in [0, 0.1) is 0 Å². The molecule has 4 nitrogen and oxygen atoms in total. The third kappa shape index (κ3) is 1.63. The SMILES string of the molecule is CNc1ccccc1-c1nc2ncccc2o1. The number of hydrogen-bond donors (Lipinski definition) is 1. The molecule has 4 heteroatoms. The van der Waals surface area contributed by atoms with Crippen LogP contribution < -0.4 is 5.32 Å². The second kappa shape index (κ2) is 3.90. The van der Waals surface area contributed by atoms with Crippen molar-refractivity contribution >= 4 is 16.9 Å². The summed E-state index contributed by atoms with van der Waals surface area (Å²) in [6.45, 7) is 0. The lowest BCUT2D eigenvalue weighted by molar-refractivity contribution is 0.620. The topological polar surface area (TPSA) is 51.0 Å². The molecule has 84 valence electrons. The van der Waals surface area contributed by atoms with Gasteiger partial charge in [0.25, 0.3) is 0 Å². The van der Waals surface area contributed by atoms with E-state index < -0.39 is 0 Å². The van der Waals surface area contributed by atoms with Crippen molar-refractivity contribution in [2.75, 3.05) is 12.4 Å². The van der Waals surface area contributed by atoms with E-state index in [0.29, 0.717) is 17.1 Å². The quantitative estimate of drug-likeness (QED) is 0.728. The van der Waals surface area contributed by atoms with E-state index >= 15 is 0 Å². The fraction of sp³-hybridized carbons (Fsp3) is 0.0769. The predicted octanol–water partition coefficient (Wildman–Crippen LogP) is 2.93. The van der Waals surface area contributed by atoms with Crippen LogP contribution in [0.4, 0.5) is 5.69 Å². The number of anilines is 1. The van der Waals surface area contributed by atoms with E-state index in [1.165, 1.54) is 0 Å². The van der Waals surface area contributed by atoms with E-state index in [1.807, 2.05) is 43.4 Å². The zero-order valence-corrected chi connectivity index (χ0v) is 9.34. The molecule has 0 saturated carbocycles. The number of rotatable bonds is 2. The summed E-state index contributed by atoms with van der Waals surface area (Å²) >= 11 is 0. The highest BCUT2D eigenvalue weighted by molar-refractivity contribution is 5.77. The molecule has 0 atom stereocenters. The van der Waals surface area contributed by atoms with Crippen molar-refractivity contribution < 1.29 is 4.42 Å². The lowest BCUT2D eigenvalue weighted by atomic mass is 10.2. The van der Waals surface area contributed by atoms with E-state index in [-0.39, 0.29) is 0 Å². The number of aromatic nitrogens is 2. The van der Waals surface area contributed by atoms with Gasteiger partial charge in [0.15, 0.2) is 11.2 Å². The van der Waals surface area contributed by atoms with Gasteiger partial charge in [0.1, 0.15) is 0 Å². The molecule has 0 aliphatic carbocycles. The van der Waals surface area contributed by atoms with Crippen LogP contribution in [0.3, 0.4) is 0 Å². The Bertz CT molecular complexity index is 627. The van der Waals surface area contributed by atoms with Gasteiger partial charge in [0, 0.05) is 18.9 Å². The zero-order chi connectivity index (χ0) is 11.7. The molecular formula is C13H11N3O. The average Bonchev–Trinajstić information content (AvgIpc) is 2.82. The monoisotopic (exact) mass is 225 g/mol. The summed E-state index contributed by atoms with van der Waals surface area (Å²) in [5.41, 5.74) is 3.26. The Morgan fingerprint density at radius 3 is 2.82 bits per heavy atom. The summed E-state index contributed by atoms with van der Waals surface area (Å²) in [4.78, 5) is 8.53. The van der Waals surface area contributed by atoms with Crippen molar-refractivity contribution in [1.29, 1.82) is 0 Å². The Morgan fingerprint density at radius 2 is 2.00 bits per heavy atom. The number of oxazole rings is 1. The fourth-order valence-corrected chi connectivity index (χ4v) is 1.77. The number of pyridine rings is 1. The van der Waals surface area contributed by atoms with Gasteiger partial charge in [0.05, 0.1) is 5.56 Å². The summed E-state index contributed by atoms with van der Waals surface area (Å²) in [6, 6.07) is 11.6. The van der Waals surface area contributed by atoms with Crippen LogP contribution in [-0.2, 0) is 0 Å². The van der Waals surface area contributed by atoms with Gasteiger partial charge in [0.2, 0.25) is 5.89 Å². The zero-order valence-electron chi connectivity index (χ0n) is 9.34. The Morgan fingerprint density at radius 1 is 1.12 bits per heavy atom. The van der Waals surface area contributed by atoms with Crippen molar-refractivity contribution in [3.05, 3.63) is 42.6 Å². The molecule has 17 heavy (non-hydrogen) atoms. The Hall–Kier alpha value is -2.36. The van der Waals surface area contributed by atoms with E-state index in [9.17, 15) is 0 Å². The lowest BCUT2D eigenvalue weighted by Crippen LogP contribution is -1.91. The molecule has 0 unspecified atom stereocenters. The molecule has 0 fully saturated rings. The number of nitrogens with one attached hydrogen (secondary N) is 1. The first-order valence-electron chi connectivity index (χ1n) is 5.37. The maximum atomic E-state index is 5.68. The van der Waals surface area contributed by atoms with Crippen LogP contribution in [-0.4, -0.2) is 17.0 Å². The molecular weight excluding hydrogens is 214 g/mol. The van der Waals surface area contributed by atoms with E-state index in [2.05, 4.69) is 15.3 Å². The number of nitrogens with zero attached hydrogens (tertiary/aromatic N) is 2. The van der Waals surface area contributed by atoms with Crippen LogP contribution in [0.5, 0.6) is 0 Å². The summed E-state index contributed by atoms with van der Waals surface area (Å²) in [7, 11) is 1.87. The van der Waals surface area contributed by atoms with Gasteiger partial charge >= 0.3 is 0 Å². The maximum absolute atomic E-state index is 5.68. The highest BCUT2D eigenvalue weighted by Gasteiger charge is 2.11. The fourth-order valence-electron chi connectivity index (χ4n) is 1.77. The number of hydrogen-bond acceptors (Lipinski definition) is 4. The number of fused-ring (bicyclic) bond motifs is 1. The summed E-state index contributed by atoms with van der Waals surface area (Å²) < 4.78 is 5.68. The molecule has 3 rings (SSSR count). The molecule has 0 saturated heterocycles. The standard InChI is InChI=1S/C13H11N3O/c1-14-10-6-3-2-5-9(10)13-16-12-11(17-13)7-4-8-15-12/h2-8,14H,1H3. The van der Waals surface area contributed by atoms with Crippen molar-refractivity contribution in [2.45, 2.75) is 0 Å². The first-order chi connectivity index (χ1) is 8.38. The van der Waals surface area contributed by atoms with Gasteiger partial charge in [-0.05, 0) is 24.3 Å². The maximum Gasteiger partial charge on any atom is 0.230 e. The molecule has 0 aliphatic heterocycles. The van der Waals surface area contributed by atoms with Gasteiger partial charge in [-0.25, -0.2) is 4.98 Å². The summed E-state index contributed by atoms with van der Waals surface area (Å²) in [5, 5.41) is 3.12. The average molecular weight is 225 g/mol. The third-order valence-electron chi connectivity index (χ3n) is 2.59. The second-order valence-electron chi connectivity index (χ2n) is 3.64. The number of para-hydroxylation sites is 1. The minimum Gasteiger partial charge on any atom is -0.434 e. The summed E-state index contributed by atoms with van der Waals surface area (Å²) in [6.07, 6.45) is 1.71. The van der Waals surface area contributed by atoms with Crippen LogP contribution in [0.1, 0.15) is 0 Å². The predicted molar refractivity (Wildman–Crippen MR) is 66.8 cm³/mol. The van der Waals surface area contributed by atoms with Crippen LogP contribution in [0.15, 0.2) is 47.0 Å². The Labute approximate surface area is 98.3 Å². The molecule has 1 N–H and O–H groups in total. The van der Waals surface area contributed by atoms with E-state index in [0.717, 1.165) is 11.3 Å². The molecule has 2 aromatic heterocycles. The third-order valence-corrected chi connectivity index (χ3v) is 2.59. The van der Waals surface area contributed by atoms with Gasteiger partial charge in [-0.2, -0.15) is 4.98 Å². The van der Waals surface area contributed by atoms with Gasteiger partial charge in [-0.15, -0.1) is 0 Å². The van der Waals surface area contributed by atoms with Crippen molar-refractivity contribution in [2.24, 2.45) is 0 Å². The molecule has 3 aromatic rings. The minimum absolute atomic E-state index is 0.587. The highest BCUT2D eigenvalue weighted by atomic mass is 16.3. The van der Waals surface area contributed by atoms with E-state index in [1.54, 1.807) is 6.20 Å². The summed E-state index contributed by atoms with van der Waals surface area (Å²) in [5.74, 6) is 0.587. The second-order valence-corrected chi connectivity index (χ2v) is 3.64. The molecule has 0 radical (unpaired) electrons. The first kappa shape index (κ1) is 9.84. The minimum atomic E-state index is 0.587. The van der Waals surface area contributed by atoms with Crippen LogP contribution in [0.2, 0.25) is 0 Å².